The second-order valence-corrected chi connectivity index (χ2v) is 8.56. The van der Waals surface area contributed by atoms with Crippen molar-refractivity contribution >= 4 is 17.4 Å². The maximum Gasteiger partial charge on any atom is 0.336 e. The third-order valence-electron chi connectivity index (χ3n) is 6.00. The second-order valence-electron chi connectivity index (χ2n) is 8.56. The predicted molar refractivity (Wildman–Crippen MR) is 138 cm³/mol. The molecule has 0 radical (unpaired) electrons. The number of hydroxylamine groups is 2. The Bertz CT molecular complexity index is 1460. The first-order chi connectivity index (χ1) is 18.0. The average Bonchev–Trinajstić information content (AvgIpc) is 2.92. The first kappa shape index (κ1) is 25.5. The van der Waals surface area contributed by atoms with Crippen molar-refractivity contribution < 1.29 is 23.9 Å². The molecule has 0 fully saturated rings. The van der Waals surface area contributed by atoms with Gasteiger partial charge in [-0.05, 0) is 78.9 Å². The number of fused-ring (bicyclic) bond motifs is 1. The first-order valence-electron chi connectivity index (χ1n) is 11.8. The van der Waals surface area contributed by atoms with E-state index in [1.54, 1.807) is 24.3 Å². The van der Waals surface area contributed by atoms with Crippen molar-refractivity contribution in [3.05, 3.63) is 94.3 Å². The van der Waals surface area contributed by atoms with E-state index in [-0.39, 0.29) is 6.61 Å². The summed E-state index contributed by atoms with van der Waals surface area (Å²) in [6.07, 6.45) is 1.39. The maximum absolute atomic E-state index is 11.5. The quantitative estimate of drug-likeness (QED) is 0.101. The van der Waals surface area contributed by atoms with Crippen molar-refractivity contribution in [1.29, 1.82) is 5.26 Å². The molecule has 1 amide bonds. The molecule has 1 N–H and O–H groups in total. The normalized spacial score (nSPS) is 11.5. The monoisotopic (exact) mass is 498 g/mol. The number of hydrogen-bond acceptors (Lipinski definition) is 7. The minimum atomic E-state index is -0.549. The third kappa shape index (κ3) is 6.54. The van der Waals surface area contributed by atoms with Gasteiger partial charge >= 0.3 is 5.63 Å². The van der Waals surface area contributed by atoms with Gasteiger partial charge in [0.15, 0.2) is 0 Å². The van der Waals surface area contributed by atoms with Crippen LogP contribution >= 0.6 is 0 Å². The Morgan fingerprint density at radius 3 is 2.35 bits per heavy atom. The van der Waals surface area contributed by atoms with Crippen LogP contribution in [-0.2, 0) is 4.79 Å². The molecule has 0 aliphatic rings. The summed E-state index contributed by atoms with van der Waals surface area (Å²) in [4.78, 5) is 22.7. The zero-order chi connectivity index (χ0) is 26.2. The molecule has 1 heterocycles. The van der Waals surface area contributed by atoms with Crippen LogP contribution in [0.3, 0.4) is 0 Å². The molecule has 0 bridgehead atoms. The highest BCUT2D eigenvalue weighted by Gasteiger charge is 2.16. The smallest absolute Gasteiger partial charge is 0.336 e. The Morgan fingerprint density at radius 1 is 1.00 bits per heavy atom. The molecule has 1 atom stereocenters. The fraction of sp³-hybridized carbons (Fsp3) is 0.207. The zero-order valence-corrected chi connectivity index (χ0v) is 20.3. The minimum Gasteiger partial charge on any atom is -0.494 e. The molecular formula is C29H26N2O6. The number of ether oxygens (including phenoxy) is 2. The van der Waals surface area contributed by atoms with Gasteiger partial charge in [0.2, 0.25) is 6.41 Å². The number of amides is 1. The maximum atomic E-state index is 11.5. The molecule has 1 unspecified atom stereocenters. The fourth-order valence-corrected chi connectivity index (χ4v) is 3.95. The van der Waals surface area contributed by atoms with Gasteiger partial charge in [-0.2, -0.15) is 5.26 Å². The van der Waals surface area contributed by atoms with E-state index in [1.165, 1.54) is 6.07 Å². The Hall–Kier alpha value is -4.61. The van der Waals surface area contributed by atoms with Crippen LogP contribution in [0.2, 0.25) is 0 Å². The molecule has 188 valence electrons. The predicted octanol–water partition coefficient (Wildman–Crippen LogP) is 5.09. The van der Waals surface area contributed by atoms with Crippen molar-refractivity contribution in [1.82, 2.24) is 5.06 Å². The van der Waals surface area contributed by atoms with Crippen molar-refractivity contribution in [2.75, 3.05) is 13.2 Å². The van der Waals surface area contributed by atoms with E-state index in [2.05, 4.69) is 6.07 Å². The lowest BCUT2D eigenvalue weighted by Crippen LogP contribution is -2.36. The molecule has 0 spiro atoms. The summed E-state index contributed by atoms with van der Waals surface area (Å²) >= 11 is 0. The van der Waals surface area contributed by atoms with Crippen LogP contribution in [0.5, 0.6) is 11.5 Å². The third-order valence-corrected chi connectivity index (χ3v) is 6.00. The van der Waals surface area contributed by atoms with Gasteiger partial charge < -0.3 is 13.9 Å². The van der Waals surface area contributed by atoms with E-state index < -0.39 is 11.7 Å². The van der Waals surface area contributed by atoms with Gasteiger partial charge in [-0.3, -0.25) is 10.0 Å². The van der Waals surface area contributed by atoms with Gasteiger partial charge in [-0.25, -0.2) is 9.86 Å². The van der Waals surface area contributed by atoms with Crippen LogP contribution < -0.4 is 15.1 Å². The molecule has 37 heavy (non-hydrogen) atoms. The first-order valence-corrected chi connectivity index (χ1v) is 11.8. The van der Waals surface area contributed by atoms with Crippen molar-refractivity contribution in [2.24, 2.45) is 0 Å². The topological polar surface area (TPSA) is 113 Å². The highest BCUT2D eigenvalue weighted by atomic mass is 16.5. The Kier molecular flexibility index (Phi) is 8.18. The largest absolute Gasteiger partial charge is 0.494 e. The summed E-state index contributed by atoms with van der Waals surface area (Å²) in [5.74, 6) is 1.24. The van der Waals surface area contributed by atoms with E-state index >= 15 is 0 Å². The lowest BCUT2D eigenvalue weighted by molar-refractivity contribution is -0.163. The second kappa shape index (κ2) is 11.9. The summed E-state index contributed by atoms with van der Waals surface area (Å²) in [7, 11) is 0. The van der Waals surface area contributed by atoms with Crippen LogP contribution in [0.25, 0.3) is 22.1 Å². The van der Waals surface area contributed by atoms with Crippen LogP contribution in [0.4, 0.5) is 0 Å². The summed E-state index contributed by atoms with van der Waals surface area (Å²) in [5.41, 5.74) is 3.48. The van der Waals surface area contributed by atoms with Crippen molar-refractivity contribution in [3.8, 4) is 28.7 Å². The van der Waals surface area contributed by atoms with E-state index in [0.29, 0.717) is 53.6 Å². The van der Waals surface area contributed by atoms with Gasteiger partial charge in [0.25, 0.3) is 0 Å². The fourth-order valence-electron chi connectivity index (χ4n) is 3.95. The number of aryl methyl sites for hydroxylation is 1. The minimum absolute atomic E-state index is 0.111. The van der Waals surface area contributed by atoms with E-state index in [4.69, 9.17) is 19.2 Å². The Morgan fingerprint density at radius 2 is 1.68 bits per heavy atom. The molecule has 8 heteroatoms. The van der Waals surface area contributed by atoms with Gasteiger partial charge in [0.1, 0.15) is 23.7 Å². The van der Waals surface area contributed by atoms with Crippen molar-refractivity contribution in [2.45, 2.75) is 25.8 Å². The Labute approximate surface area is 213 Å². The van der Waals surface area contributed by atoms with Crippen LogP contribution in [0.15, 0.2) is 82.0 Å². The number of hydrogen-bond donors (Lipinski definition) is 1. The average molecular weight is 499 g/mol. The number of nitriles is 1. The SMILES string of the molecule is Cc1cc(=O)oc2ccc(OCCCC(COc3ccc(-c4ccc(C#N)cc4)cc3)N(O)C=O)cc12. The van der Waals surface area contributed by atoms with Gasteiger partial charge in [0.05, 0.1) is 24.3 Å². The summed E-state index contributed by atoms with van der Waals surface area (Å²) < 4.78 is 16.8. The molecule has 3 aromatic carbocycles. The number of nitrogens with zero attached hydrogens (tertiary/aromatic N) is 2. The number of benzene rings is 3. The van der Waals surface area contributed by atoms with Crippen molar-refractivity contribution in [3.63, 3.8) is 0 Å². The molecule has 0 aliphatic heterocycles. The lowest BCUT2D eigenvalue weighted by Gasteiger charge is -2.23. The number of carbonyl (C=O) groups is 1. The summed E-state index contributed by atoms with van der Waals surface area (Å²) in [6, 6.07) is 23.0. The van der Waals surface area contributed by atoms with Crippen LogP contribution in [0.1, 0.15) is 24.0 Å². The molecule has 0 saturated carbocycles. The summed E-state index contributed by atoms with van der Waals surface area (Å²) in [6.45, 7) is 2.31. The number of carbonyl (C=O) groups excluding carboxylic acids is 1. The van der Waals surface area contributed by atoms with E-state index in [1.807, 2.05) is 49.4 Å². The number of rotatable bonds is 11. The van der Waals surface area contributed by atoms with Crippen LogP contribution in [0, 0.1) is 18.3 Å². The molecular weight excluding hydrogens is 472 g/mol. The Balaban J connectivity index is 1.30. The molecule has 0 saturated heterocycles. The summed E-state index contributed by atoms with van der Waals surface area (Å²) in [5, 5.41) is 20.4. The standard InChI is InChI=1S/C29H26N2O6/c1-20-15-29(33)37-28-13-12-26(16-27(20)28)35-14-2-3-24(31(34)19-32)18-36-25-10-8-23(9-11-25)22-6-4-21(17-30)5-7-22/h4-13,15-16,19,24,34H,2-3,14,18H2,1H3. The van der Waals surface area contributed by atoms with Gasteiger partial charge in [-0.15, -0.1) is 0 Å². The molecule has 4 rings (SSSR count). The molecule has 0 aliphatic carbocycles. The highest BCUT2D eigenvalue weighted by Crippen LogP contribution is 2.24. The lowest BCUT2D eigenvalue weighted by atomic mass is 10.0. The van der Waals surface area contributed by atoms with Crippen LogP contribution in [-0.4, -0.2) is 35.9 Å². The van der Waals surface area contributed by atoms with Gasteiger partial charge in [0, 0.05) is 11.5 Å². The molecule has 4 aromatic rings. The molecule has 8 nitrogen and oxygen atoms in total. The van der Waals surface area contributed by atoms with E-state index in [9.17, 15) is 14.8 Å². The van der Waals surface area contributed by atoms with Gasteiger partial charge in [-0.1, -0.05) is 24.3 Å². The van der Waals surface area contributed by atoms with E-state index in [0.717, 1.165) is 22.1 Å². The highest BCUT2D eigenvalue weighted by molar-refractivity contribution is 5.81. The molecule has 1 aromatic heterocycles. The zero-order valence-electron chi connectivity index (χ0n) is 20.3.